The van der Waals surface area contributed by atoms with Crippen LogP contribution in [0.5, 0.6) is 0 Å². The topological polar surface area (TPSA) is 70.7 Å². The number of benzene rings is 1. The summed E-state index contributed by atoms with van der Waals surface area (Å²) in [5, 5.41) is 9.84. The Hall–Kier alpha value is -2.47. The van der Waals surface area contributed by atoms with E-state index >= 15 is 0 Å². The Kier molecular flexibility index (Phi) is 3.08. The molecule has 20 heavy (non-hydrogen) atoms. The van der Waals surface area contributed by atoms with Crippen LogP contribution in [0.25, 0.3) is 10.9 Å². The maximum atomic E-state index is 13.0. The van der Waals surface area contributed by atoms with Gasteiger partial charge >= 0.3 is 0 Å². The molecule has 2 N–H and O–H groups in total. The van der Waals surface area contributed by atoms with Gasteiger partial charge in [0.25, 0.3) is 5.91 Å². The van der Waals surface area contributed by atoms with E-state index < -0.39 is 11.7 Å². The molecule has 3 rings (SSSR count). The molecule has 1 aromatic carbocycles. The number of hydrogen-bond donors (Lipinski definition) is 2. The lowest BCUT2D eigenvalue weighted by Crippen LogP contribution is -2.12. The van der Waals surface area contributed by atoms with Gasteiger partial charge in [0.2, 0.25) is 0 Å². The lowest BCUT2D eigenvalue weighted by atomic mass is 10.2. The molecule has 0 saturated carbocycles. The Morgan fingerprint density at radius 1 is 1.35 bits per heavy atom. The quantitative estimate of drug-likeness (QED) is 0.762. The second-order valence-electron chi connectivity index (χ2n) is 4.08. The monoisotopic (exact) mass is 290 g/mol. The molecular weight excluding hydrogens is 283 g/mol. The van der Waals surface area contributed by atoms with Gasteiger partial charge in [0.15, 0.2) is 5.69 Å². The highest BCUT2D eigenvalue weighted by molar-refractivity contribution is 6.31. The summed E-state index contributed by atoms with van der Waals surface area (Å²) in [6.07, 6.45) is 3.15. The Balaban J connectivity index is 1.91. The van der Waals surface area contributed by atoms with E-state index in [1.54, 1.807) is 18.5 Å². The van der Waals surface area contributed by atoms with Crippen LogP contribution in [-0.4, -0.2) is 21.1 Å². The van der Waals surface area contributed by atoms with E-state index in [9.17, 15) is 9.18 Å². The Morgan fingerprint density at radius 2 is 2.20 bits per heavy atom. The van der Waals surface area contributed by atoms with Gasteiger partial charge in [-0.15, -0.1) is 0 Å². The van der Waals surface area contributed by atoms with Crippen molar-refractivity contribution >= 4 is 34.1 Å². The molecule has 2 heterocycles. The van der Waals surface area contributed by atoms with Gasteiger partial charge in [-0.25, -0.2) is 4.39 Å². The highest BCUT2D eigenvalue weighted by Gasteiger charge is 2.14. The summed E-state index contributed by atoms with van der Waals surface area (Å²) in [6, 6.07) is 5.66. The number of H-pyrrole nitrogens is 1. The van der Waals surface area contributed by atoms with Crippen LogP contribution in [0.3, 0.4) is 0 Å². The molecule has 0 unspecified atom stereocenters. The standard InChI is InChI=1S/C13H8ClFN4O/c14-9-5-7(1-2-10(9)15)17-13(20)12-8-6-16-4-3-11(8)18-19-12/h1-6H,(H,17,20)(H,18,19). The number of aromatic nitrogens is 3. The summed E-state index contributed by atoms with van der Waals surface area (Å²) in [7, 11) is 0. The molecule has 1 amide bonds. The van der Waals surface area contributed by atoms with Gasteiger partial charge in [0.05, 0.1) is 15.9 Å². The largest absolute Gasteiger partial charge is 0.321 e. The Bertz CT molecular complexity index is 802. The number of carbonyl (C=O) groups excluding carboxylic acids is 1. The van der Waals surface area contributed by atoms with Gasteiger partial charge in [-0.3, -0.25) is 14.9 Å². The van der Waals surface area contributed by atoms with Gasteiger partial charge in [0.1, 0.15) is 5.82 Å². The summed E-state index contributed by atoms with van der Waals surface area (Å²) in [4.78, 5) is 16.1. The first-order chi connectivity index (χ1) is 9.65. The highest BCUT2D eigenvalue weighted by atomic mass is 35.5. The predicted molar refractivity (Wildman–Crippen MR) is 73.3 cm³/mol. The maximum Gasteiger partial charge on any atom is 0.276 e. The van der Waals surface area contributed by atoms with E-state index in [2.05, 4.69) is 20.5 Å². The summed E-state index contributed by atoms with van der Waals surface area (Å²) >= 11 is 5.66. The van der Waals surface area contributed by atoms with E-state index in [1.807, 2.05) is 0 Å². The molecule has 0 saturated heterocycles. The zero-order valence-electron chi connectivity index (χ0n) is 10.0. The van der Waals surface area contributed by atoms with Crippen LogP contribution in [0, 0.1) is 5.82 Å². The van der Waals surface area contributed by atoms with E-state index in [0.717, 1.165) is 0 Å². The molecule has 0 aliphatic carbocycles. The number of nitrogens with one attached hydrogen (secondary N) is 2. The van der Waals surface area contributed by atoms with Crippen LogP contribution in [0.1, 0.15) is 10.5 Å². The van der Waals surface area contributed by atoms with Gasteiger partial charge in [-0.2, -0.15) is 5.10 Å². The average molecular weight is 291 g/mol. The van der Waals surface area contributed by atoms with Crippen molar-refractivity contribution in [2.75, 3.05) is 5.32 Å². The molecular formula is C13H8ClFN4O. The average Bonchev–Trinajstić information content (AvgIpc) is 2.87. The van der Waals surface area contributed by atoms with E-state index in [4.69, 9.17) is 11.6 Å². The van der Waals surface area contributed by atoms with Crippen molar-refractivity contribution in [2.24, 2.45) is 0 Å². The van der Waals surface area contributed by atoms with E-state index in [1.165, 1.54) is 18.2 Å². The first-order valence-corrected chi connectivity index (χ1v) is 6.07. The number of carbonyl (C=O) groups is 1. The molecule has 100 valence electrons. The zero-order valence-corrected chi connectivity index (χ0v) is 10.8. The fourth-order valence-corrected chi connectivity index (χ4v) is 1.97. The number of fused-ring (bicyclic) bond motifs is 1. The summed E-state index contributed by atoms with van der Waals surface area (Å²) < 4.78 is 13.0. The second-order valence-corrected chi connectivity index (χ2v) is 4.48. The smallest absolute Gasteiger partial charge is 0.276 e. The van der Waals surface area contributed by atoms with Crippen molar-refractivity contribution in [2.45, 2.75) is 0 Å². The number of nitrogens with zero attached hydrogens (tertiary/aromatic N) is 2. The second kappa shape index (κ2) is 4.90. The van der Waals surface area contributed by atoms with Gasteiger partial charge < -0.3 is 5.32 Å². The molecule has 3 aromatic rings. The van der Waals surface area contributed by atoms with Crippen LogP contribution in [-0.2, 0) is 0 Å². The predicted octanol–water partition coefficient (Wildman–Crippen LogP) is 3.00. The lowest BCUT2D eigenvalue weighted by molar-refractivity contribution is 0.102. The number of anilines is 1. The van der Waals surface area contributed by atoms with Crippen LogP contribution in [0.2, 0.25) is 5.02 Å². The molecule has 0 fully saturated rings. The first-order valence-electron chi connectivity index (χ1n) is 5.69. The minimum Gasteiger partial charge on any atom is -0.321 e. The number of halogens is 2. The summed E-state index contributed by atoms with van der Waals surface area (Å²) in [5.74, 6) is -0.967. The molecule has 0 atom stereocenters. The van der Waals surface area contributed by atoms with Crippen LogP contribution in [0.15, 0.2) is 36.7 Å². The minimum absolute atomic E-state index is 0.0589. The molecule has 0 bridgehead atoms. The fraction of sp³-hybridized carbons (Fsp3) is 0. The minimum atomic E-state index is -0.543. The van der Waals surface area contributed by atoms with Gasteiger partial charge in [0, 0.05) is 18.1 Å². The van der Waals surface area contributed by atoms with E-state index in [0.29, 0.717) is 16.6 Å². The van der Waals surface area contributed by atoms with Crippen LogP contribution < -0.4 is 5.32 Å². The molecule has 0 spiro atoms. The van der Waals surface area contributed by atoms with Crippen molar-refractivity contribution in [1.29, 1.82) is 0 Å². The number of amides is 1. The van der Waals surface area contributed by atoms with Crippen LogP contribution in [0.4, 0.5) is 10.1 Å². The van der Waals surface area contributed by atoms with E-state index in [-0.39, 0.29) is 10.7 Å². The number of pyridine rings is 1. The summed E-state index contributed by atoms with van der Waals surface area (Å²) in [6.45, 7) is 0. The summed E-state index contributed by atoms with van der Waals surface area (Å²) in [5.41, 5.74) is 1.32. The Labute approximate surface area is 117 Å². The molecule has 0 aliphatic rings. The molecule has 0 radical (unpaired) electrons. The van der Waals surface area contributed by atoms with Crippen LogP contribution >= 0.6 is 11.6 Å². The van der Waals surface area contributed by atoms with Crippen molar-refractivity contribution < 1.29 is 9.18 Å². The van der Waals surface area contributed by atoms with Gasteiger partial charge in [-0.05, 0) is 24.3 Å². The number of aromatic amines is 1. The SMILES string of the molecule is O=C(Nc1ccc(F)c(Cl)c1)c1n[nH]c2ccncc12. The van der Waals surface area contributed by atoms with Crippen molar-refractivity contribution in [3.63, 3.8) is 0 Å². The normalized spacial score (nSPS) is 10.7. The number of rotatable bonds is 2. The third-order valence-corrected chi connectivity index (χ3v) is 3.05. The van der Waals surface area contributed by atoms with Crippen molar-refractivity contribution in [3.05, 3.63) is 53.2 Å². The zero-order chi connectivity index (χ0) is 14.1. The van der Waals surface area contributed by atoms with Crippen molar-refractivity contribution in [3.8, 4) is 0 Å². The third-order valence-electron chi connectivity index (χ3n) is 2.76. The lowest BCUT2D eigenvalue weighted by Gasteiger charge is -2.04. The highest BCUT2D eigenvalue weighted by Crippen LogP contribution is 2.21. The Morgan fingerprint density at radius 3 is 3.00 bits per heavy atom. The first kappa shape index (κ1) is 12.6. The van der Waals surface area contributed by atoms with Crippen molar-refractivity contribution in [1.82, 2.24) is 15.2 Å². The maximum absolute atomic E-state index is 13.0. The molecule has 0 aliphatic heterocycles. The molecule has 5 nitrogen and oxygen atoms in total. The third kappa shape index (κ3) is 2.21. The fourth-order valence-electron chi connectivity index (χ4n) is 1.79. The molecule has 2 aromatic heterocycles. The van der Waals surface area contributed by atoms with Gasteiger partial charge in [-0.1, -0.05) is 11.6 Å². The molecule has 7 heteroatoms. The number of hydrogen-bond acceptors (Lipinski definition) is 3.